The van der Waals surface area contributed by atoms with E-state index in [1.165, 1.54) is 12.3 Å². The molecular formula is C9H10N4O. The van der Waals surface area contributed by atoms with Crippen LogP contribution in [0.2, 0.25) is 0 Å². The highest BCUT2D eigenvalue weighted by Crippen LogP contribution is 2.16. The molecule has 0 atom stereocenters. The summed E-state index contributed by atoms with van der Waals surface area (Å²) < 4.78 is 1.74. The Balaban J connectivity index is 2.60. The summed E-state index contributed by atoms with van der Waals surface area (Å²) in [5.74, 6) is 0.558. The average molecular weight is 190 g/mol. The largest absolute Gasteiger partial charge is 0.306 e. The quantitative estimate of drug-likeness (QED) is 0.711. The predicted molar refractivity (Wildman–Crippen MR) is 51.8 cm³/mol. The Kier molecular flexibility index (Phi) is 1.92. The first kappa shape index (κ1) is 8.68. The van der Waals surface area contributed by atoms with Gasteiger partial charge < -0.3 is 4.98 Å². The number of hydrogen-bond donors (Lipinski definition) is 1. The molecule has 0 saturated carbocycles. The van der Waals surface area contributed by atoms with Gasteiger partial charge in [-0.15, -0.1) is 0 Å². The maximum Gasteiger partial charge on any atom is 0.251 e. The molecule has 0 radical (unpaired) electrons. The van der Waals surface area contributed by atoms with E-state index >= 15 is 0 Å². The Morgan fingerprint density at radius 2 is 2.29 bits per heavy atom. The van der Waals surface area contributed by atoms with Gasteiger partial charge in [0.25, 0.3) is 5.56 Å². The summed E-state index contributed by atoms with van der Waals surface area (Å²) in [4.78, 5) is 17.8. The molecule has 2 aromatic rings. The topological polar surface area (TPSA) is 63.6 Å². The summed E-state index contributed by atoms with van der Waals surface area (Å²) in [6, 6.07) is 1.38. The van der Waals surface area contributed by atoms with E-state index in [2.05, 4.69) is 15.1 Å². The fraction of sp³-hybridized carbons (Fsp3) is 0.222. The highest BCUT2D eigenvalue weighted by atomic mass is 16.1. The van der Waals surface area contributed by atoms with Crippen LogP contribution in [0.4, 0.5) is 0 Å². The number of nitrogens with one attached hydrogen (secondary N) is 1. The Morgan fingerprint density at radius 1 is 1.50 bits per heavy atom. The zero-order chi connectivity index (χ0) is 10.1. The van der Waals surface area contributed by atoms with Gasteiger partial charge in [0.1, 0.15) is 5.82 Å². The van der Waals surface area contributed by atoms with Crippen molar-refractivity contribution in [1.29, 1.82) is 0 Å². The van der Waals surface area contributed by atoms with Crippen LogP contribution in [-0.2, 0) is 7.05 Å². The molecule has 72 valence electrons. The zero-order valence-electron chi connectivity index (χ0n) is 7.98. The Bertz CT molecular complexity index is 512. The normalized spacial score (nSPS) is 10.4. The Labute approximate surface area is 80.4 Å². The second-order valence-electron chi connectivity index (χ2n) is 3.05. The standard InChI is InChI=1S/C9H10N4O/c1-6-7(5-11-13(6)2)9-10-4-3-8(14)12-9/h3-5H,1-2H3,(H,10,12,14). The molecule has 0 amide bonds. The fourth-order valence-corrected chi connectivity index (χ4v) is 1.24. The first-order chi connectivity index (χ1) is 6.68. The first-order valence-electron chi connectivity index (χ1n) is 4.23. The zero-order valence-corrected chi connectivity index (χ0v) is 7.98. The van der Waals surface area contributed by atoms with Crippen molar-refractivity contribution in [2.75, 3.05) is 0 Å². The van der Waals surface area contributed by atoms with Gasteiger partial charge in [-0.2, -0.15) is 5.10 Å². The molecule has 0 saturated heterocycles. The van der Waals surface area contributed by atoms with Crippen LogP contribution in [0.1, 0.15) is 5.69 Å². The highest BCUT2D eigenvalue weighted by molar-refractivity contribution is 5.56. The molecule has 0 aliphatic rings. The van der Waals surface area contributed by atoms with Crippen molar-refractivity contribution in [3.05, 3.63) is 34.5 Å². The molecule has 1 N–H and O–H groups in total. The van der Waals surface area contributed by atoms with Crippen LogP contribution < -0.4 is 5.56 Å². The summed E-state index contributed by atoms with van der Waals surface area (Å²) in [7, 11) is 1.85. The number of nitrogens with zero attached hydrogens (tertiary/aromatic N) is 3. The molecule has 2 heterocycles. The highest BCUT2D eigenvalue weighted by Gasteiger charge is 2.07. The van der Waals surface area contributed by atoms with Crippen LogP contribution in [0.25, 0.3) is 11.4 Å². The van der Waals surface area contributed by atoms with Gasteiger partial charge in [-0.3, -0.25) is 9.48 Å². The summed E-state index contributed by atoms with van der Waals surface area (Å²) in [6.45, 7) is 1.93. The minimum Gasteiger partial charge on any atom is -0.306 e. The van der Waals surface area contributed by atoms with Crippen LogP contribution in [0, 0.1) is 6.92 Å². The molecule has 14 heavy (non-hydrogen) atoms. The third kappa shape index (κ3) is 1.32. The molecule has 0 aliphatic carbocycles. The second kappa shape index (κ2) is 3.10. The summed E-state index contributed by atoms with van der Waals surface area (Å²) in [5, 5.41) is 4.08. The van der Waals surface area contributed by atoms with Gasteiger partial charge in [-0.05, 0) is 6.92 Å². The molecule has 0 bridgehead atoms. The van der Waals surface area contributed by atoms with E-state index in [4.69, 9.17) is 0 Å². The lowest BCUT2D eigenvalue weighted by Gasteiger charge is -1.98. The van der Waals surface area contributed by atoms with E-state index in [0.717, 1.165) is 11.3 Å². The third-order valence-electron chi connectivity index (χ3n) is 2.16. The summed E-state index contributed by atoms with van der Waals surface area (Å²) in [6.07, 6.45) is 3.17. The van der Waals surface area contributed by atoms with Crippen molar-refractivity contribution < 1.29 is 0 Å². The van der Waals surface area contributed by atoms with Crippen molar-refractivity contribution in [3.63, 3.8) is 0 Å². The minimum atomic E-state index is -0.154. The van der Waals surface area contributed by atoms with Crippen molar-refractivity contribution in [2.45, 2.75) is 6.92 Å². The van der Waals surface area contributed by atoms with Gasteiger partial charge in [0, 0.05) is 25.0 Å². The van der Waals surface area contributed by atoms with Gasteiger partial charge in [-0.25, -0.2) is 4.98 Å². The monoisotopic (exact) mass is 190 g/mol. The predicted octanol–water partition coefficient (Wildman–Crippen LogP) is 0.479. The number of hydrogen-bond acceptors (Lipinski definition) is 3. The van der Waals surface area contributed by atoms with Crippen molar-refractivity contribution >= 4 is 0 Å². The lowest BCUT2D eigenvalue weighted by molar-refractivity contribution is 0.740. The van der Waals surface area contributed by atoms with Crippen LogP contribution in [-0.4, -0.2) is 19.7 Å². The van der Waals surface area contributed by atoms with Crippen LogP contribution in [0.15, 0.2) is 23.3 Å². The number of rotatable bonds is 1. The molecule has 0 fully saturated rings. The number of H-pyrrole nitrogens is 1. The number of aryl methyl sites for hydroxylation is 1. The summed E-state index contributed by atoms with van der Waals surface area (Å²) >= 11 is 0. The van der Waals surface area contributed by atoms with E-state index in [0.29, 0.717) is 5.82 Å². The van der Waals surface area contributed by atoms with Crippen molar-refractivity contribution in [2.24, 2.45) is 7.05 Å². The average Bonchev–Trinajstić information content (AvgIpc) is 2.48. The van der Waals surface area contributed by atoms with Gasteiger partial charge in [0.15, 0.2) is 0 Å². The Hall–Kier alpha value is -1.91. The lowest BCUT2D eigenvalue weighted by atomic mass is 10.2. The molecule has 5 heteroatoms. The van der Waals surface area contributed by atoms with Gasteiger partial charge in [0.2, 0.25) is 0 Å². The van der Waals surface area contributed by atoms with E-state index in [9.17, 15) is 4.79 Å². The van der Waals surface area contributed by atoms with E-state index < -0.39 is 0 Å². The van der Waals surface area contributed by atoms with Crippen LogP contribution in [0.3, 0.4) is 0 Å². The van der Waals surface area contributed by atoms with E-state index in [-0.39, 0.29) is 5.56 Å². The molecular weight excluding hydrogens is 180 g/mol. The summed E-state index contributed by atoms with van der Waals surface area (Å²) in [5.41, 5.74) is 1.67. The van der Waals surface area contributed by atoms with Gasteiger partial charge in [0.05, 0.1) is 11.8 Å². The first-order valence-corrected chi connectivity index (χ1v) is 4.23. The van der Waals surface area contributed by atoms with E-state index in [1.54, 1.807) is 10.9 Å². The van der Waals surface area contributed by atoms with Crippen LogP contribution in [0.5, 0.6) is 0 Å². The van der Waals surface area contributed by atoms with Crippen LogP contribution >= 0.6 is 0 Å². The maximum atomic E-state index is 11.1. The molecule has 0 aliphatic heterocycles. The van der Waals surface area contributed by atoms with Gasteiger partial charge >= 0.3 is 0 Å². The van der Waals surface area contributed by atoms with Crippen molar-refractivity contribution in [1.82, 2.24) is 19.7 Å². The maximum absolute atomic E-state index is 11.1. The smallest absolute Gasteiger partial charge is 0.251 e. The third-order valence-corrected chi connectivity index (χ3v) is 2.16. The Morgan fingerprint density at radius 3 is 2.86 bits per heavy atom. The van der Waals surface area contributed by atoms with E-state index in [1.807, 2.05) is 14.0 Å². The fourth-order valence-electron chi connectivity index (χ4n) is 1.24. The molecule has 2 rings (SSSR count). The molecule has 0 unspecified atom stereocenters. The lowest BCUT2D eigenvalue weighted by Crippen LogP contribution is -2.06. The minimum absolute atomic E-state index is 0.154. The molecule has 5 nitrogen and oxygen atoms in total. The van der Waals surface area contributed by atoms with Gasteiger partial charge in [-0.1, -0.05) is 0 Å². The number of aromatic amines is 1. The molecule has 2 aromatic heterocycles. The molecule has 0 aromatic carbocycles. The van der Waals surface area contributed by atoms with Crippen molar-refractivity contribution in [3.8, 4) is 11.4 Å². The molecule has 0 spiro atoms. The number of aromatic nitrogens is 4. The SMILES string of the molecule is Cc1c(-c2nccc(=O)[nH]2)cnn1C. The second-order valence-corrected chi connectivity index (χ2v) is 3.05.